The smallest absolute Gasteiger partial charge is 0.242 e. The maximum Gasteiger partial charge on any atom is 0.242 e. The Morgan fingerprint density at radius 2 is 1.58 bits per heavy atom. The molecule has 2 fully saturated rings. The van der Waals surface area contributed by atoms with Gasteiger partial charge in [-0.2, -0.15) is 0 Å². The van der Waals surface area contributed by atoms with Gasteiger partial charge in [-0.15, -0.1) is 0 Å². The van der Waals surface area contributed by atoms with Gasteiger partial charge in [-0.3, -0.25) is 9.69 Å². The fraction of sp³-hybridized carbons (Fsp3) is 0.933. The first kappa shape index (κ1) is 14.8. The van der Waals surface area contributed by atoms with E-state index in [1.165, 1.54) is 0 Å². The molecule has 0 aromatic rings. The minimum atomic E-state index is -0.358. The van der Waals surface area contributed by atoms with Crippen LogP contribution in [-0.4, -0.2) is 60.5 Å². The highest BCUT2D eigenvalue weighted by molar-refractivity contribution is 5.85. The van der Waals surface area contributed by atoms with Gasteiger partial charge >= 0.3 is 0 Å². The van der Waals surface area contributed by atoms with Crippen LogP contribution in [-0.2, 0) is 4.79 Å². The molecule has 110 valence electrons. The molecule has 4 nitrogen and oxygen atoms in total. The predicted octanol–water partition coefficient (Wildman–Crippen LogP) is 1.32. The minimum absolute atomic E-state index is 0.310. The average Bonchev–Trinajstić information content (AvgIpc) is 2.39. The van der Waals surface area contributed by atoms with E-state index in [9.17, 15) is 4.79 Å². The van der Waals surface area contributed by atoms with E-state index in [0.717, 1.165) is 52.1 Å². The quantitative estimate of drug-likeness (QED) is 0.819. The van der Waals surface area contributed by atoms with Gasteiger partial charge in [0.25, 0.3) is 0 Å². The standard InChI is InChI=1S/C15H29N3O/c1-14(2)5-9-17(10-6-14)13(19)15(3,4)18-11-7-16-8-12-18/h16H,5-12H2,1-4H3. The summed E-state index contributed by atoms with van der Waals surface area (Å²) >= 11 is 0. The van der Waals surface area contributed by atoms with Gasteiger partial charge in [0, 0.05) is 39.3 Å². The van der Waals surface area contributed by atoms with Gasteiger partial charge in [-0.25, -0.2) is 0 Å². The van der Waals surface area contributed by atoms with Crippen molar-refractivity contribution in [1.29, 1.82) is 0 Å². The molecule has 0 radical (unpaired) electrons. The van der Waals surface area contributed by atoms with Crippen LogP contribution >= 0.6 is 0 Å². The summed E-state index contributed by atoms with van der Waals surface area (Å²) in [5.41, 5.74) is 0.0412. The highest BCUT2D eigenvalue weighted by Gasteiger charge is 2.39. The molecule has 0 unspecified atom stereocenters. The Hall–Kier alpha value is -0.610. The molecule has 0 saturated carbocycles. The third-order valence-corrected chi connectivity index (χ3v) is 4.84. The van der Waals surface area contributed by atoms with E-state index in [1.54, 1.807) is 0 Å². The SMILES string of the molecule is CC1(C)CCN(C(=O)C(C)(C)N2CCNCC2)CC1. The van der Waals surface area contributed by atoms with Gasteiger partial charge in [-0.05, 0) is 32.1 Å². The first-order chi connectivity index (χ1) is 8.83. The summed E-state index contributed by atoms with van der Waals surface area (Å²) in [5.74, 6) is 0.310. The number of carbonyl (C=O) groups is 1. The first-order valence-corrected chi connectivity index (χ1v) is 7.58. The molecular weight excluding hydrogens is 238 g/mol. The van der Waals surface area contributed by atoms with Crippen molar-refractivity contribution in [3.05, 3.63) is 0 Å². The zero-order valence-corrected chi connectivity index (χ0v) is 13.0. The van der Waals surface area contributed by atoms with E-state index in [0.29, 0.717) is 11.3 Å². The van der Waals surface area contributed by atoms with Crippen molar-refractivity contribution in [3.8, 4) is 0 Å². The van der Waals surface area contributed by atoms with Crippen molar-refractivity contribution < 1.29 is 4.79 Å². The molecule has 0 spiro atoms. The zero-order valence-electron chi connectivity index (χ0n) is 13.0. The van der Waals surface area contributed by atoms with Crippen molar-refractivity contribution in [2.24, 2.45) is 5.41 Å². The Labute approximate surface area is 117 Å². The van der Waals surface area contributed by atoms with E-state index in [-0.39, 0.29) is 5.54 Å². The van der Waals surface area contributed by atoms with E-state index >= 15 is 0 Å². The van der Waals surface area contributed by atoms with Gasteiger partial charge < -0.3 is 10.2 Å². The molecule has 19 heavy (non-hydrogen) atoms. The lowest BCUT2D eigenvalue weighted by atomic mass is 9.82. The molecule has 0 atom stereocenters. The van der Waals surface area contributed by atoms with Crippen molar-refractivity contribution in [2.45, 2.75) is 46.1 Å². The lowest BCUT2D eigenvalue weighted by Crippen LogP contribution is -2.61. The maximum atomic E-state index is 12.8. The van der Waals surface area contributed by atoms with Crippen LogP contribution in [0.1, 0.15) is 40.5 Å². The molecule has 4 heteroatoms. The van der Waals surface area contributed by atoms with Gasteiger partial charge in [0.05, 0.1) is 5.54 Å². The normalized spacial score (nSPS) is 25.4. The topological polar surface area (TPSA) is 35.6 Å². The fourth-order valence-corrected chi connectivity index (χ4v) is 3.06. The molecule has 2 heterocycles. The summed E-state index contributed by atoms with van der Waals surface area (Å²) in [6, 6.07) is 0. The number of hydrogen-bond donors (Lipinski definition) is 1. The van der Waals surface area contributed by atoms with Crippen LogP contribution in [0.3, 0.4) is 0 Å². The largest absolute Gasteiger partial charge is 0.341 e. The highest BCUT2D eigenvalue weighted by atomic mass is 16.2. The number of hydrogen-bond acceptors (Lipinski definition) is 3. The van der Waals surface area contributed by atoms with Crippen molar-refractivity contribution in [1.82, 2.24) is 15.1 Å². The minimum Gasteiger partial charge on any atom is -0.341 e. The van der Waals surface area contributed by atoms with Crippen LogP contribution in [0.15, 0.2) is 0 Å². The summed E-state index contributed by atoms with van der Waals surface area (Å²) in [5, 5.41) is 3.35. The number of piperidine rings is 1. The van der Waals surface area contributed by atoms with Gasteiger partial charge in [0.15, 0.2) is 0 Å². The Bertz CT molecular complexity index is 322. The number of carbonyl (C=O) groups excluding carboxylic acids is 1. The molecule has 0 aromatic heterocycles. The van der Waals surface area contributed by atoms with Crippen LogP contribution in [0.2, 0.25) is 0 Å². The Morgan fingerprint density at radius 1 is 1.05 bits per heavy atom. The van der Waals surface area contributed by atoms with Crippen LogP contribution < -0.4 is 5.32 Å². The first-order valence-electron chi connectivity index (χ1n) is 7.58. The molecule has 0 aliphatic carbocycles. The van der Waals surface area contributed by atoms with E-state index in [2.05, 4.69) is 42.8 Å². The summed E-state index contributed by atoms with van der Waals surface area (Å²) in [4.78, 5) is 17.2. The molecule has 0 bridgehead atoms. The molecule has 2 aliphatic rings. The number of rotatable bonds is 2. The van der Waals surface area contributed by atoms with Gasteiger partial charge in [0.1, 0.15) is 0 Å². The molecule has 2 aliphatic heterocycles. The Balaban J connectivity index is 1.98. The van der Waals surface area contributed by atoms with E-state index in [1.807, 2.05) is 0 Å². The van der Waals surface area contributed by atoms with Gasteiger partial charge in [-0.1, -0.05) is 13.8 Å². The number of nitrogens with zero attached hydrogens (tertiary/aromatic N) is 2. The van der Waals surface area contributed by atoms with Crippen LogP contribution in [0.4, 0.5) is 0 Å². The third kappa shape index (κ3) is 3.29. The number of piperazine rings is 1. The Morgan fingerprint density at radius 3 is 2.11 bits per heavy atom. The number of likely N-dealkylation sites (tertiary alicyclic amines) is 1. The number of nitrogens with one attached hydrogen (secondary N) is 1. The molecule has 0 aromatic carbocycles. The van der Waals surface area contributed by atoms with Gasteiger partial charge in [0.2, 0.25) is 5.91 Å². The third-order valence-electron chi connectivity index (χ3n) is 4.84. The zero-order chi connectivity index (χ0) is 14.1. The van der Waals surface area contributed by atoms with E-state index < -0.39 is 0 Å². The lowest BCUT2D eigenvalue weighted by Gasteiger charge is -2.45. The fourth-order valence-electron chi connectivity index (χ4n) is 3.06. The summed E-state index contributed by atoms with van der Waals surface area (Å²) in [6.45, 7) is 14.5. The lowest BCUT2D eigenvalue weighted by molar-refractivity contribution is -0.145. The number of amides is 1. The van der Waals surface area contributed by atoms with Crippen LogP contribution in [0, 0.1) is 5.41 Å². The van der Waals surface area contributed by atoms with Crippen molar-refractivity contribution in [2.75, 3.05) is 39.3 Å². The average molecular weight is 267 g/mol. The second-order valence-corrected chi connectivity index (χ2v) is 7.25. The van der Waals surface area contributed by atoms with Crippen molar-refractivity contribution >= 4 is 5.91 Å². The van der Waals surface area contributed by atoms with Crippen molar-refractivity contribution in [3.63, 3.8) is 0 Å². The molecule has 1 amide bonds. The van der Waals surface area contributed by atoms with Crippen LogP contribution in [0.25, 0.3) is 0 Å². The monoisotopic (exact) mass is 267 g/mol. The molecular formula is C15H29N3O. The molecule has 1 N–H and O–H groups in total. The molecule has 2 rings (SSSR count). The second-order valence-electron chi connectivity index (χ2n) is 7.25. The summed E-state index contributed by atoms with van der Waals surface area (Å²) in [7, 11) is 0. The highest BCUT2D eigenvalue weighted by Crippen LogP contribution is 2.31. The molecule has 2 saturated heterocycles. The summed E-state index contributed by atoms with van der Waals surface area (Å²) in [6.07, 6.45) is 2.24. The van der Waals surface area contributed by atoms with Crippen LogP contribution in [0.5, 0.6) is 0 Å². The maximum absolute atomic E-state index is 12.8. The predicted molar refractivity (Wildman–Crippen MR) is 78.1 cm³/mol. The summed E-state index contributed by atoms with van der Waals surface area (Å²) < 4.78 is 0. The second kappa shape index (κ2) is 5.41. The van der Waals surface area contributed by atoms with E-state index in [4.69, 9.17) is 0 Å². The Kier molecular flexibility index (Phi) is 4.21.